The van der Waals surface area contributed by atoms with Crippen molar-refractivity contribution in [1.82, 2.24) is 0 Å². The minimum Gasteiger partial charge on any atom is -0.469 e. The average Bonchev–Trinajstić information content (AvgIpc) is 3.18. The van der Waals surface area contributed by atoms with Gasteiger partial charge in [0.15, 0.2) is 0 Å². The Morgan fingerprint density at radius 2 is 1.92 bits per heavy atom. The topological polar surface area (TPSA) is 38.8 Å². The molecule has 2 unspecified atom stereocenters. The summed E-state index contributed by atoms with van der Waals surface area (Å²) in [6, 6.07) is 0. The van der Waals surface area contributed by atoms with E-state index in [1.54, 1.807) is 0 Å². The molecule has 1 aliphatic carbocycles. The molecule has 0 saturated carbocycles. The van der Waals surface area contributed by atoms with E-state index in [-0.39, 0.29) is 23.6 Å². The monoisotopic (exact) mass is 334 g/mol. The van der Waals surface area contributed by atoms with Crippen LogP contribution in [0.5, 0.6) is 0 Å². The summed E-state index contributed by atoms with van der Waals surface area (Å²) < 4.78 is 11.0. The highest BCUT2D eigenvalue weighted by Gasteiger charge is 2.52. The van der Waals surface area contributed by atoms with E-state index in [2.05, 4.69) is 32.9 Å². The molecule has 0 radical (unpaired) electrons. The maximum absolute atomic E-state index is 12.0. The molecule has 4 atom stereocenters. The quantitative estimate of drug-likeness (QED) is 0.395. The summed E-state index contributed by atoms with van der Waals surface area (Å²) in [5, 5.41) is 0. The third-order valence-electron chi connectivity index (χ3n) is 5.91. The Morgan fingerprint density at radius 3 is 2.62 bits per heavy atom. The van der Waals surface area contributed by atoms with Crippen LogP contribution in [0.2, 0.25) is 0 Å². The molecule has 24 heavy (non-hydrogen) atoms. The highest BCUT2D eigenvalue weighted by molar-refractivity contribution is 5.72. The molecule has 0 aromatic rings. The van der Waals surface area contributed by atoms with Crippen molar-refractivity contribution in [3.63, 3.8) is 0 Å². The summed E-state index contributed by atoms with van der Waals surface area (Å²) in [5.74, 6) is 0.169. The van der Waals surface area contributed by atoms with Crippen molar-refractivity contribution in [2.45, 2.75) is 84.3 Å². The standard InChI is InChI=1S/C21H34O3/c1-15-8-6-9-16(2)11-12-18(17(3)20(22)23-5)14-19-21(4,24-19)13-7-10-15/h9-10,17-19H,6-8,11-14H2,1-5H3/b15-10-,16-9-/t17?,18?,19-,21+/m0/s1. The van der Waals surface area contributed by atoms with Crippen molar-refractivity contribution in [3.8, 4) is 0 Å². The zero-order valence-corrected chi connectivity index (χ0v) is 16.1. The first-order chi connectivity index (χ1) is 11.4. The highest BCUT2D eigenvalue weighted by atomic mass is 16.6. The van der Waals surface area contributed by atoms with Crippen LogP contribution in [0, 0.1) is 11.8 Å². The predicted octanol–water partition coefficient (Wildman–Crippen LogP) is 5.21. The fraction of sp³-hybridized carbons (Fsp3) is 0.762. The van der Waals surface area contributed by atoms with Gasteiger partial charge in [-0.25, -0.2) is 0 Å². The van der Waals surface area contributed by atoms with Crippen LogP contribution in [0.15, 0.2) is 23.3 Å². The Bertz CT molecular complexity index is 505. The lowest BCUT2D eigenvalue weighted by Gasteiger charge is -2.22. The SMILES string of the molecule is COC(=O)C(C)C1CC/C(C)=C\CC/C(C)=C\CC[C@@]2(C)O[C@H]2C1. The van der Waals surface area contributed by atoms with Gasteiger partial charge in [-0.3, -0.25) is 4.79 Å². The van der Waals surface area contributed by atoms with E-state index in [1.165, 1.54) is 18.3 Å². The molecule has 0 aromatic heterocycles. The zero-order chi connectivity index (χ0) is 17.7. The van der Waals surface area contributed by atoms with Gasteiger partial charge in [0.05, 0.1) is 24.7 Å². The molecule has 0 spiro atoms. The van der Waals surface area contributed by atoms with Crippen LogP contribution in [0.1, 0.15) is 72.6 Å². The molecule has 2 aliphatic rings. The van der Waals surface area contributed by atoms with Gasteiger partial charge in [0.1, 0.15) is 0 Å². The minimum atomic E-state index is -0.0938. The summed E-state index contributed by atoms with van der Waals surface area (Å²) in [6.07, 6.45) is 12.5. The highest BCUT2D eigenvalue weighted by Crippen LogP contribution is 2.46. The Morgan fingerprint density at radius 1 is 1.25 bits per heavy atom. The second-order valence-electron chi connectivity index (χ2n) is 7.94. The zero-order valence-electron chi connectivity index (χ0n) is 16.1. The maximum atomic E-state index is 12.0. The first-order valence-electron chi connectivity index (χ1n) is 9.42. The molecular weight excluding hydrogens is 300 g/mol. The number of fused-ring (bicyclic) bond motifs is 1. The van der Waals surface area contributed by atoms with Crippen molar-refractivity contribution < 1.29 is 14.3 Å². The second kappa shape index (κ2) is 8.33. The van der Waals surface area contributed by atoms with Gasteiger partial charge in [-0.05, 0) is 71.6 Å². The fourth-order valence-electron chi connectivity index (χ4n) is 3.80. The number of methoxy groups -OCH3 is 1. The molecule has 2 rings (SSSR count). The van der Waals surface area contributed by atoms with Gasteiger partial charge in [-0.1, -0.05) is 30.2 Å². The molecule has 0 bridgehead atoms. The van der Waals surface area contributed by atoms with E-state index in [4.69, 9.17) is 9.47 Å². The molecule has 3 nitrogen and oxygen atoms in total. The summed E-state index contributed by atoms with van der Waals surface area (Å²) in [7, 11) is 1.49. The molecule has 1 heterocycles. The summed E-state index contributed by atoms with van der Waals surface area (Å²) in [6.45, 7) is 8.67. The van der Waals surface area contributed by atoms with Crippen molar-refractivity contribution in [2.75, 3.05) is 7.11 Å². The Hall–Kier alpha value is -1.09. The number of carbonyl (C=O) groups is 1. The Labute approximate surface area is 147 Å². The van der Waals surface area contributed by atoms with Crippen LogP contribution in [0.25, 0.3) is 0 Å². The third kappa shape index (κ3) is 5.20. The van der Waals surface area contributed by atoms with Gasteiger partial charge < -0.3 is 9.47 Å². The maximum Gasteiger partial charge on any atom is 0.308 e. The molecule has 1 aliphatic heterocycles. The van der Waals surface area contributed by atoms with Crippen LogP contribution < -0.4 is 0 Å². The number of esters is 1. The third-order valence-corrected chi connectivity index (χ3v) is 5.91. The van der Waals surface area contributed by atoms with Crippen LogP contribution >= 0.6 is 0 Å². The van der Waals surface area contributed by atoms with Crippen LogP contribution in [-0.2, 0) is 14.3 Å². The lowest BCUT2D eigenvalue weighted by atomic mass is 9.82. The van der Waals surface area contributed by atoms with Crippen LogP contribution in [-0.4, -0.2) is 24.8 Å². The summed E-state index contributed by atoms with van der Waals surface area (Å²) >= 11 is 0. The smallest absolute Gasteiger partial charge is 0.308 e. The van der Waals surface area contributed by atoms with Crippen molar-refractivity contribution in [1.29, 1.82) is 0 Å². The Kier molecular flexibility index (Phi) is 6.68. The number of epoxide rings is 1. The van der Waals surface area contributed by atoms with Crippen LogP contribution in [0.3, 0.4) is 0 Å². The molecule has 0 aromatic carbocycles. The number of ether oxygens (including phenoxy) is 2. The number of rotatable bonds is 2. The minimum absolute atomic E-state index is 0.000129. The number of hydrogen-bond donors (Lipinski definition) is 0. The summed E-state index contributed by atoms with van der Waals surface area (Å²) in [5.41, 5.74) is 2.91. The van der Waals surface area contributed by atoms with Gasteiger partial charge >= 0.3 is 5.97 Å². The molecule has 136 valence electrons. The van der Waals surface area contributed by atoms with Gasteiger partial charge in [0.25, 0.3) is 0 Å². The number of hydrogen-bond acceptors (Lipinski definition) is 3. The molecule has 0 N–H and O–H groups in total. The molecule has 1 fully saturated rings. The van der Waals surface area contributed by atoms with E-state index in [1.807, 2.05) is 6.92 Å². The van der Waals surface area contributed by atoms with Gasteiger partial charge in [-0.2, -0.15) is 0 Å². The van der Waals surface area contributed by atoms with E-state index < -0.39 is 0 Å². The van der Waals surface area contributed by atoms with E-state index in [9.17, 15) is 4.79 Å². The first kappa shape index (κ1) is 19.2. The number of allylic oxidation sites excluding steroid dienone is 4. The second-order valence-corrected chi connectivity index (χ2v) is 7.94. The lowest BCUT2D eigenvalue weighted by molar-refractivity contribution is -0.146. The Balaban J connectivity index is 2.09. The largest absolute Gasteiger partial charge is 0.469 e. The average molecular weight is 335 g/mol. The first-order valence-corrected chi connectivity index (χ1v) is 9.42. The molecule has 1 saturated heterocycles. The molecular formula is C21H34O3. The van der Waals surface area contributed by atoms with E-state index in [0.717, 1.165) is 44.9 Å². The van der Waals surface area contributed by atoms with Gasteiger partial charge in [0, 0.05) is 0 Å². The van der Waals surface area contributed by atoms with Gasteiger partial charge in [0.2, 0.25) is 0 Å². The van der Waals surface area contributed by atoms with Crippen molar-refractivity contribution in [2.24, 2.45) is 11.8 Å². The van der Waals surface area contributed by atoms with Crippen molar-refractivity contribution in [3.05, 3.63) is 23.3 Å². The predicted molar refractivity (Wildman–Crippen MR) is 97.8 cm³/mol. The fourth-order valence-corrected chi connectivity index (χ4v) is 3.80. The van der Waals surface area contributed by atoms with Gasteiger partial charge in [-0.15, -0.1) is 0 Å². The normalized spacial score (nSPS) is 37.7. The summed E-state index contributed by atoms with van der Waals surface area (Å²) in [4.78, 5) is 12.0. The molecule has 3 heteroatoms. The van der Waals surface area contributed by atoms with Crippen LogP contribution in [0.4, 0.5) is 0 Å². The molecule has 0 amide bonds. The number of carbonyl (C=O) groups excluding carboxylic acids is 1. The van der Waals surface area contributed by atoms with Crippen molar-refractivity contribution >= 4 is 5.97 Å². The van der Waals surface area contributed by atoms with E-state index in [0.29, 0.717) is 5.92 Å². The lowest BCUT2D eigenvalue weighted by Crippen LogP contribution is -2.25. The van der Waals surface area contributed by atoms with E-state index >= 15 is 0 Å².